The number of hydrogen-bond donors (Lipinski definition) is 3. The number of aromatic nitrogens is 1. The molecule has 4 N–H and O–H groups in total. The number of amides is 1. The molecular weight excluding hydrogens is 294 g/mol. The second-order valence-electron chi connectivity index (χ2n) is 4.59. The first-order valence-corrected chi connectivity index (χ1v) is 7.09. The van der Waals surface area contributed by atoms with E-state index >= 15 is 0 Å². The monoisotopic (exact) mass is 313 g/mol. The molecule has 0 aliphatic carbocycles. The molecule has 1 aromatic heterocycles. The number of rotatable bonds is 6. The van der Waals surface area contributed by atoms with E-state index in [1.165, 1.54) is 6.20 Å². The van der Waals surface area contributed by atoms with Crippen LogP contribution in [0.2, 0.25) is 0 Å². The Hall–Kier alpha value is -3.09. The van der Waals surface area contributed by atoms with Gasteiger partial charge in [0.25, 0.3) is 5.91 Å². The van der Waals surface area contributed by atoms with E-state index in [0.717, 1.165) is 5.69 Å². The van der Waals surface area contributed by atoms with Gasteiger partial charge in [-0.1, -0.05) is 12.1 Å². The maximum atomic E-state index is 11.8. The molecule has 0 saturated carbocycles. The van der Waals surface area contributed by atoms with Crippen LogP contribution in [-0.2, 0) is 0 Å². The third kappa shape index (κ3) is 4.99. The third-order valence-electron chi connectivity index (χ3n) is 2.97. The molecule has 0 spiro atoms. The van der Waals surface area contributed by atoms with Gasteiger partial charge in [0.15, 0.2) is 5.96 Å². The van der Waals surface area contributed by atoms with Gasteiger partial charge in [-0.25, -0.2) is 0 Å². The van der Waals surface area contributed by atoms with E-state index in [4.69, 9.17) is 10.5 Å². The summed E-state index contributed by atoms with van der Waals surface area (Å²) >= 11 is 0. The third-order valence-corrected chi connectivity index (χ3v) is 2.97. The number of guanidine groups is 1. The fourth-order valence-corrected chi connectivity index (χ4v) is 1.87. The highest BCUT2D eigenvalue weighted by Crippen LogP contribution is 2.22. The zero-order valence-electron chi connectivity index (χ0n) is 12.8. The summed E-state index contributed by atoms with van der Waals surface area (Å²) in [6.07, 6.45) is 3.13. The molecule has 0 bridgehead atoms. The fraction of sp³-hybridized carbons (Fsp3) is 0.188. The molecule has 7 heteroatoms. The Labute approximate surface area is 134 Å². The summed E-state index contributed by atoms with van der Waals surface area (Å²) in [5.74, 6) is 0.741. The number of nitrogens with one attached hydrogen (secondary N) is 2. The molecule has 120 valence electrons. The van der Waals surface area contributed by atoms with Gasteiger partial charge in [-0.2, -0.15) is 0 Å². The van der Waals surface area contributed by atoms with Gasteiger partial charge < -0.3 is 21.1 Å². The average Bonchev–Trinajstić information content (AvgIpc) is 2.59. The van der Waals surface area contributed by atoms with Crippen LogP contribution in [0.5, 0.6) is 5.75 Å². The predicted molar refractivity (Wildman–Crippen MR) is 89.7 cm³/mol. The van der Waals surface area contributed by atoms with Crippen molar-refractivity contribution in [3.8, 4) is 5.75 Å². The molecule has 0 radical (unpaired) electrons. The highest BCUT2D eigenvalue weighted by atomic mass is 16.5. The first kappa shape index (κ1) is 16.3. The van der Waals surface area contributed by atoms with Gasteiger partial charge in [-0.3, -0.25) is 14.8 Å². The number of ether oxygens (including phenoxy) is 1. The van der Waals surface area contributed by atoms with Crippen molar-refractivity contribution in [2.75, 3.05) is 25.5 Å². The van der Waals surface area contributed by atoms with E-state index < -0.39 is 0 Å². The summed E-state index contributed by atoms with van der Waals surface area (Å²) in [6, 6.07) is 10.8. The maximum absolute atomic E-state index is 11.8. The largest absolute Gasteiger partial charge is 0.495 e. The molecular formula is C16H19N5O2. The van der Waals surface area contributed by atoms with E-state index in [9.17, 15) is 4.79 Å². The first-order valence-electron chi connectivity index (χ1n) is 7.09. The molecule has 2 rings (SSSR count). The van der Waals surface area contributed by atoms with E-state index in [0.29, 0.717) is 24.4 Å². The van der Waals surface area contributed by atoms with Gasteiger partial charge in [0.05, 0.1) is 24.9 Å². The smallest absolute Gasteiger partial charge is 0.252 e. The highest BCUT2D eigenvalue weighted by Gasteiger charge is 2.04. The average molecular weight is 313 g/mol. The summed E-state index contributed by atoms with van der Waals surface area (Å²) in [7, 11) is 1.59. The number of hydrogen-bond acceptors (Lipinski definition) is 4. The number of methoxy groups -OCH3 is 1. The van der Waals surface area contributed by atoms with E-state index in [-0.39, 0.29) is 11.9 Å². The minimum atomic E-state index is -0.190. The van der Waals surface area contributed by atoms with Crippen LogP contribution in [0.15, 0.2) is 53.8 Å². The van der Waals surface area contributed by atoms with Crippen LogP contribution in [0.25, 0.3) is 0 Å². The Balaban J connectivity index is 1.80. The lowest BCUT2D eigenvalue weighted by Crippen LogP contribution is -2.28. The minimum Gasteiger partial charge on any atom is -0.495 e. The van der Waals surface area contributed by atoms with Gasteiger partial charge >= 0.3 is 0 Å². The van der Waals surface area contributed by atoms with Gasteiger partial charge in [0, 0.05) is 18.9 Å². The zero-order chi connectivity index (χ0) is 16.5. The fourth-order valence-electron chi connectivity index (χ4n) is 1.87. The van der Waals surface area contributed by atoms with E-state index in [2.05, 4.69) is 20.6 Å². The lowest BCUT2D eigenvalue weighted by atomic mass is 10.3. The number of para-hydroxylation sites is 2. The van der Waals surface area contributed by atoms with Gasteiger partial charge in [0.1, 0.15) is 5.75 Å². The molecule has 23 heavy (non-hydrogen) atoms. The van der Waals surface area contributed by atoms with Crippen LogP contribution >= 0.6 is 0 Å². The Morgan fingerprint density at radius 3 is 2.87 bits per heavy atom. The summed E-state index contributed by atoms with van der Waals surface area (Å²) < 4.78 is 5.22. The molecule has 0 aliphatic rings. The Morgan fingerprint density at radius 2 is 2.13 bits per heavy atom. The molecule has 2 aromatic rings. The van der Waals surface area contributed by atoms with E-state index in [1.807, 2.05) is 24.3 Å². The lowest BCUT2D eigenvalue weighted by Gasteiger charge is -2.10. The SMILES string of the molecule is COc1ccccc1NC(N)=NCCNC(=O)c1cccnc1. The number of aliphatic imine (C=N–C) groups is 1. The number of benzene rings is 1. The van der Waals surface area contributed by atoms with Crippen LogP contribution in [0.1, 0.15) is 10.4 Å². The normalized spacial score (nSPS) is 10.9. The molecule has 1 aromatic carbocycles. The molecule has 1 heterocycles. The number of carbonyl (C=O) groups is 1. The van der Waals surface area contributed by atoms with Crippen LogP contribution in [0.4, 0.5) is 5.69 Å². The highest BCUT2D eigenvalue weighted by molar-refractivity contribution is 5.94. The molecule has 0 unspecified atom stereocenters. The van der Waals surface area contributed by atoms with E-state index in [1.54, 1.807) is 25.4 Å². The van der Waals surface area contributed by atoms with Gasteiger partial charge in [0.2, 0.25) is 0 Å². The molecule has 0 aliphatic heterocycles. The van der Waals surface area contributed by atoms with Crippen LogP contribution in [0, 0.1) is 0 Å². The van der Waals surface area contributed by atoms with Crippen molar-refractivity contribution in [2.45, 2.75) is 0 Å². The van der Waals surface area contributed by atoms with Crippen molar-refractivity contribution >= 4 is 17.6 Å². The van der Waals surface area contributed by atoms with Crippen molar-refractivity contribution < 1.29 is 9.53 Å². The quantitative estimate of drug-likeness (QED) is 0.423. The number of carbonyl (C=O) groups excluding carboxylic acids is 1. The number of nitrogens with two attached hydrogens (primary N) is 1. The number of pyridine rings is 1. The van der Waals surface area contributed by atoms with Crippen molar-refractivity contribution in [1.82, 2.24) is 10.3 Å². The summed E-state index contributed by atoms with van der Waals surface area (Å²) in [4.78, 5) is 19.9. The number of nitrogens with zero attached hydrogens (tertiary/aromatic N) is 2. The Bertz CT molecular complexity index is 673. The van der Waals surface area contributed by atoms with Gasteiger partial charge in [-0.15, -0.1) is 0 Å². The van der Waals surface area contributed by atoms with Crippen molar-refractivity contribution in [3.63, 3.8) is 0 Å². The second kappa shape index (κ2) is 8.38. The van der Waals surface area contributed by atoms with Crippen LogP contribution < -0.4 is 21.1 Å². The molecule has 1 amide bonds. The predicted octanol–water partition coefficient (Wildman–Crippen LogP) is 1.25. The van der Waals surface area contributed by atoms with Crippen molar-refractivity contribution in [1.29, 1.82) is 0 Å². The van der Waals surface area contributed by atoms with Crippen molar-refractivity contribution in [3.05, 3.63) is 54.4 Å². The van der Waals surface area contributed by atoms with Crippen LogP contribution in [-0.4, -0.2) is 37.1 Å². The van der Waals surface area contributed by atoms with Crippen LogP contribution in [0.3, 0.4) is 0 Å². The van der Waals surface area contributed by atoms with Gasteiger partial charge in [-0.05, 0) is 24.3 Å². The lowest BCUT2D eigenvalue weighted by molar-refractivity contribution is 0.0954. The molecule has 0 saturated heterocycles. The minimum absolute atomic E-state index is 0.190. The van der Waals surface area contributed by atoms with Crippen molar-refractivity contribution in [2.24, 2.45) is 10.7 Å². The summed E-state index contributed by atoms with van der Waals surface area (Å²) in [6.45, 7) is 0.738. The molecule has 0 fully saturated rings. The topological polar surface area (TPSA) is 102 Å². The molecule has 0 atom stereocenters. The second-order valence-corrected chi connectivity index (χ2v) is 4.59. The zero-order valence-corrected chi connectivity index (χ0v) is 12.8. The Kier molecular flexibility index (Phi) is 5.93. The number of anilines is 1. The maximum Gasteiger partial charge on any atom is 0.252 e. The standard InChI is InChI=1S/C16H19N5O2/c1-23-14-7-3-2-6-13(14)21-16(17)20-10-9-19-15(22)12-5-4-8-18-11-12/h2-8,11H,9-10H2,1H3,(H,19,22)(H3,17,20,21). The summed E-state index contributed by atoms with van der Waals surface area (Å²) in [5, 5.41) is 5.71. The molecule has 7 nitrogen and oxygen atoms in total. The summed E-state index contributed by atoms with van der Waals surface area (Å²) in [5.41, 5.74) is 7.06. The Morgan fingerprint density at radius 1 is 1.30 bits per heavy atom. The first-order chi connectivity index (χ1) is 11.2.